The number of aryl methyl sites for hydroxylation is 1. The molecule has 0 aliphatic carbocycles. The summed E-state index contributed by atoms with van der Waals surface area (Å²) in [5.41, 5.74) is 1.04. The summed E-state index contributed by atoms with van der Waals surface area (Å²) in [5.74, 6) is 1.74. The molecule has 0 unspecified atom stereocenters. The third kappa shape index (κ3) is 3.18. The van der Waals surface area contributed by atoms with Crippen LogP contribution < -0.4 is 4.90 Å². The second-order valence-electron chi connectivity index (χ2n) is 7.72. The van der Waals surface area contributed by atoms with Gasteiger partial charge in [0.1, 0.15) is 17.0 Å². The standard InChI is InChI=1S/C19H27N5OS/c1-13-5-4-6-24(11-13)19(25)16-14(2)15-17(20-12-21-18(15)26-16)23-9-7-22(3)8-10-23/h12-13H,4-11H2,1-3H3/t13-/m1/s1. The third-order valence-electron chi connectivity index (χ3n) is 5.65. The van der Waals surface area contributed by atoms with Gasteiger partial charge in [-0.2, -0.15) is 0 Å². The zero-order chi connectivity index (χ0) is 18.3. The average Bonchev–Trinajstić information content (AvgIpc) is 2.99. The molecular weight excluding hydrogens is 346 g/mol. The van der Waals surface area contributed by atoms with Crippen LogP contribution in [-0.2, 0) is 0 Å². The van der Waals surface area contributed by atoms with E-state index >= 15 is 0 Å². The summed E-state index contributed by atoms with van der Waals surface area (Å²) in [4.78, 5) is 30.7. The van der Waals surface area contributed by atoms with E-state index in [1.165, 1.54) is 17.8 Å². The van der Waals surface area contributed by atoms with E-state index in [1.807, 2.05) is 4.90 Å². The van der Waals surface area contributed by atoms with Crippen LogP contribution in [0.3, 0.4) is 0 Å². The number of carbonyl (C=O) groups is 1. The van der Waals surface area contributed by atoms with Gasteiger partial charge in [0, 0.05) is 39.3 Å². The lowest BCUT2D eigenvalue weighted by Gasteiger charge is -2.33. The fourth-order valence-corrected chi connectivity index (χ4v) is 5.14. The van der Waals surface area contributed by atoms with Crippen LogP contribution in [0.5, 0.6) is 0 Å². The number of likely N-dealkylation sites (tertiary alicyclic amines) is 1. The molecule has 26 heavy (non-hydrogen) atoms. The number of thiophene rings is 1. The van der Waals surface area contributed by atoms with Gasteiger partial charge in [-0.15, -0.1) is 11.3 Å². The van der Waals surface area contributed by atoms with Gasteiger partial charge < -0.3 is 14.7 Å². The van der Waals surface area contributed by atoms with Gasteiger partial charge in [0.05, 0.1) is 10.3 Å². The molecule has 2 saturated heterocycles. The fraction of sp³-hybridized carbons (Fsp3) is 0.632. The van der Waals surface area contributed by atoms with E-state index in [1.54, 1.807) is 6.33 Å². The maximum atomic E-state index is 13.1. The molecule has 7 heteroatoms. The highest BCUT2D eigenvalue weighted by Gasteiger charge is 2.28. The average molecular weight is 374 g/mol. The van der Waals surface area contributed by atoms with E-state index in [0.29, 0.717) is 5.92 Å². The summed E-state index contributed by atoms with van der Waals surface area (Å²) in [6.45, 7) is 10.0. The number of fused-ring (bicyclic) bond motifs is 1. The Bertz CT molecular complexity index is 812. The number of hydrogen-bond acceptors (Lipinski definition) is 6. The van der Waals surface area contributed by atoms with Gasteiger partial charge in [-0.3, -0.25) is 4.79 Å². The van der Waals surface area contributed by atoms with Crippen molar-refractivity contribution in [3.8, 4) is 0 Å². The van der Waals surface area contributed by atoms with Crippen LogP contribution in [0.1, 0.15) is 35.0 Å². The van der Waals surface area contributed by atoms with Crippen molar-refractivity contribution in [2.24, 2.45) is 5.92 Å². The number of piperazine rings is 1. The Morgan fingerprint density at radius 3 is 2.69 bits per heavy atom. The number of carbonyl (C=O) groups excluding carboxylic acids is 1. The Hall–Kier alpha value is -1.73. The predicted molar refractivity (Wildman–Crippen MR) is 106 cm³/mol. The number of rotatable bonds is 2. The quantitative estimate of drug-likeness (QED) is 0.810. The number of anilines is 1. The van der Waals surface area contributed by atoms with Gasteiger partial charge in [-0.1, -0.05) is 6.92 Å². The van der Waals surface area contributed by atoms with Gasteiger partial charge in [0.15, 0.2) is 0 Å². The first-order valence-corrected chi connectivity index (χ1v) is 10.3. The Morgan fingerprint density at radius 2 is 1.96 bits per heavy atom. The van der Waals surface area contributed by atoms with Gasteiger partial charge in [-0.05, 0) is 38.3 Å². The summed E-state index contributed by atoms with van der Waals surface area (Å²) in [5, 5.41) is 1.07. The van der Waals surface area contributed by atoms with E-state index in [0.717, 1.165) is 72.2 Å². The normalized spacial score (nSPS) is 22.2. The number of aromatic nitrogens is 2. The second-order valence-corrected chi connectivity index (χ2v) is 8.72. The van der Waals surface area contributed by atoms with Crippen molar-refractivity contribution in [2.45, 2.75) is 26.7 Å². The Balaban J connectivity index is 1.68. The maximum Gasteiger partial charge on any atom is 0.264 e. The molecule has 4 heterocycles. The molecule has 6 nitrogen and oxygen atoms in total. The van der Waals surface area contributed by atoms with Crippen molar-refractivity contribution in [1.82, 2.24) is 19.8 Å². The minimum absolute atomic E-state index is 0.168. The zero-order valence-electron chi connectivity index (χ0n) is 15.9. The summed E-state index contributed by atoms with van der Waals surface area (Å²) < 4.78 is 0. The number of nitrogens with zero attached hydrogens (tertiary/aromatic N) is 5. The van der Waals surface area contributed by atoms with Gasteiger partial charge in [0.2, 0.25) is 0 Å². The van der Waals surface area contributed by atoms with Crippen molar-refractivity contribution >= 4 is 33.3 Å². The molecule has 0 N–H and O–H groups in total. The van der Waals surface area contributed by atoms with Gasteiger partial charge >= 0.3 is 0 Å². The molecule has 1 atom stereocenters. The molecule has 0 bridgehead atoms. The lowest BCUT2D eigenvalue weighted by Crippen LogP contribution is -2.44. The lowest BCUT2D eigenvalue weighted by molar-refractivity contribution is 0.0687. The van der Waals surface area contributed by atoms with Crippen LogP contribution in [0.15, 0.2) is 6.33 Å². The maximum absolute atomic E-state index is 13.1. The SMILES string of the molecule is Cc1c(C(=O)N2CCC[C@@H](C)C2)sc2ncnc(N3CCN(C)CC3)c12. The van der Waals surface area contributed by atoms with E-state index in [9.17, 15) is 4.79 Å². The first-order valence-electron chi connectivity index (χ1n) is 9.51. The highest BCUT2D eigenvalue weighted by atomic mass is 32.1. The van der Waals surface area contributed by atoms with Gasteiger partial charge in [-0.25, -0.2) is 9.97 Å². The molecule has 0 saturated carbocycles. The first-order chi connectivity index (χ1) is 12.5. The fourth-order valence-electron chi connectivity index (χ4n) is 4.03. The van der Waals surface area contributed by atoms with Crippen molar-refractivity contribution in [2.75, 3.05) is 51.2 Å². The summed E-state index contributed by atoms with van der Waals surface area (Å²) >= 11 is 1.53. The molecular formula is C19H27N5OS. The van der Waals surface area contributed by atoms with Crippen LogP contribution >= 0.6 is 11.3 Å². The predicted octanol–water partition coefficient (Wildman–Crippen LogP) is 2.62. The van der Waals surface area contributed by atoms with Crippen LogP contribution in [-0.4, -0.2) is 72.0 Å². The van der Waals surface area contributed by atoms with E-state index < -0.39 is 0 Å². The Morgan fingerprint density at radius 1 is 1.19 bits per heavy atom. The molecule has 0 spiro atoms. The Kier molecular flexibility index (Phi) is 4.84. The van der Waals surface area contributed by atoms with Crippen molar-refractivity contribution < 1.29 is 4.79 Å². The van der Waals surface area contributed by atoms with E-state index in [2.05, 4.69) is 40.7 Å². The van der Waals surface area contributed by atoms with Crippen molar-refractivity contribution in [1.29, 1.82) is 0 Å². The molecule has 2 aromatic heterocycles. The number of hydrogen-bond donors (Lipinski definition) is 0. The molecule has 0 aromatic carbocycles. The van der Waals surface area contributed by atoms with Crippen LogP contribution in [0.4, 0.5) is 5.82 Å². The van der Waals surface area contributed by atoms with Gasteiger partial charge in [0.25, 0.3) is 5.91 Å². The molecule has 2 aromatic rings. The van der Waals surface area contributed by atoms with Crippen molar-refractivity contribution in [3.63, 3.8) is 0 Å². The lowest BCUT2D eigenvalue weighted by atomic mass is 10.00. The second kappa shape index (κ2) is 7.12. The molecule has 1 amide bonds. The molecule has 2 aliphatic heterocycles. The number of piperidine rings is 1. The largest absolute Gasteiger partial charge is 0.353 e. The van der Waals surface area contributed by atoms with E-state index in [4.69, 9.17) is 0 Å². The van der Waals surface area contributed by atoms with Crippen LogP contribution in [0, 0.1) is 12.8 Å². The molecule has 2 aliphatic rings. The molecule has 2 fully saturated rings. The highest BCUT2D eigenvalue weighted by Crippen LogP contribution is 2.36. The topological polar surface area (TPSA) is 52.6 Å². The highest BCUT2D eigenvalue weighted by molar-refractivity contribution is 7.20. The molecule has 4 rings (SSSR count). The minimum atomic E-state index is 0.168. The Labute approximate surface area is 158 Å². The van der Waals surface area contributed by atoms with Crippen LogP contribution in [0.2, 0.25) is 0 Å². The van der Waals surface area contributed by atoms with Crippen molar-refractivity contribution in [3.05, 3.63) is 16.8 Å². The van der Waals surface area contributed by atoms with Crippen LogP contribution in [0.25, 0.3) is 10.2 Å². The molecule has 0 radical (unpaired) electrons. The number of likely N-dealkylation sites (N-methyl/N-ethyl adjacent to an activating group) is 1. The summed E-state index contributed by atoms with van der Waals surface area (Å²) in [7, 11) is 2.15. The first kappa shape index (κ1) is 17.7. The third-order valence-corrected chi connectivity index (χ3v) is 6.84. The minimum Gasteiger partial charge on any atom is -0.353 e. The summed E-state index contributed by atoms with van der Waals surface area (Å²) in [6, 6.07) is 0. The summed E-state index contributed by atoms with van der Waals surface area (Å²) in [6.07, 6.45) is 3.96. The number of amides is 1. The monoisotopic (exact) mass is 373 g/mol. The smallest absolute Gasteiger partial charge is 0.264 e. The zero-order valence-corrected chi connectivity index (χ0v) is 16.7. The molecule has 140 valence electrons. The van der Waals surface area contributed by atoms with E-state index in [-0.39, 0.29) is 5.91 Å².